The van der Waals surface area contributed by atoms with Gasteiger partial charge in [-0.05, 0) is 31.2 Å². The number of anilines is 1. The normalized spacial score (nSPS) is 12.1. The predicted molar refractivity (Wildman–Crippen MR) is 73.3 cm³/mol. The molecule has 1 rings (SSSR count). The van der Waals surface area contributed by atoms with Crippen LogP contribution >= 0.6 is 0 Å². The van der Waals surface area contributed by atoms with Crippen molar-refractivity contribution in [2.75, 3.05) is 32.0 Å². The predicted octanol–water partition coefficient (Wildman–Crippen LogP) is 3.15. The molecule has 0 amide bonds. The molecule has 0 aliphatic heterocycles. The summed E-state index contributed by atoms with van der Waals surface area (Å²) in [4.78, 5) is 1.91. The van der Waals surface area contributed by atoms with Gasteiger partial charge < -0.3 is 10.5 Å². The van der Waals surface area contributed by atoms with Gasteiger partial charge in [-0.1, -0.05) is 13.0 Å². The molecular formula is C14H21F3N2O. The lowest BCUT2D eigenvalue weighted by atomic mass is 10.1. The van der Waals surface area contributed by atoms with Crippen molar-refractivity contribution >= 4 is 5.69 Å². The third-order valence-corrected chi connectivity index (χ3v) is 3.04. The van der Waals surface area contributed by atoms with Crippen molar-refractivity contribution < 1.29 is 17.9 Å². The third kappa shape index (κ3) is 5.02. The van der Waals surface area contributed by atoms with Gasteiger partial charge in [0.05, 0.1) is 12.2 Å². The molecule has 0 atom stereocenters. The Bertz CT molecular complexity index is 421. The highest BCUT2D eigenvalue weighted by molar-refractivity contribution is 5.46. The minimum atomic E-state index is -4.38. The van der Waals surface area contributed by atoms with Gasteiger partial charge in [0, 0.05) is 25.4 Å². The number of halogens is 3. The quantitative estimate of drug-likeness (QED) is 0.619. The maximum absolute atomic E-state index is 13.0. The largest absolute Gasteiger partial charge is 0.416 e. The molecule has 1 aromatic rings. The van der Waals surface area contributed by atoms with Crippen LogP contribution in [0.15, 0.2) is 18.2 Å². The van der Waals surface area contributed by atoms with Gasteiger partial charge in [0.2, 0.25) is 0 Å². The zero-order valence-corrected chi connectivity index (χ0v) is 11.8. The number of likely N-dealkylation sites (N-methyl/N-ethyl adjacent to an activating group) is 1. The van der Waals surface area contributed by atoms with Crippen LogP contribution < -0.4 is 5.73 Å². The maximum atomic E-state index is 13.0. The summed E-state index contributed by atoms with van der Waals surface area (Å²) in [6.45, 7) is 6.42. The number of rotatable bonds is 7. The van der Waals surface area contributed by atoms with Crippen molar-refractivity contribution in [1.29, 1.82) is 0 Å². The number of benzene rings is 1. The summed E-state index contributed by atoms with van der Waals surface area (Å²) in [5.74, 6) is 0. The van der Waals surface area contributed by atoms with Crippen LogP contribution in [0.5, 0.6) is 0 Å². The number of nitrogens with zero attached hydrogens (tertiary/aromatic N) is 1. The van der Waals surface area contributed by atoms with Crippen molar-refractivity contribution in [3.05, 3.63) is 29.3 Å². The van der Waals surface area contributed by atoms with Crippen LogP contribution in [0, 0.1) is 0 Å². The average Bonchev–Trinajstić information content (AvgIpc) is 2.38. The molecule has 20 heavy (non-hydrogen) atoms. The fourth-order valence-electron chi connectivity index (χ4n) is 1.92. The van der Waals surface area contributed by atoms with E-state index >= 15 is 0 Å². The molecule has 0 aromatic heterocycles. The molecule has 0 fully saturated rings. The zero-order chi connectivity index (χ0) is 15.2. The number of hydrogen-bond donors (Lipinski definition) is 1. The SMILES string of the molecule is CCOCCN(CC)Cc1ccc(N)cc1C(F)(F)F. The molecule has 0 saturated carbocycles. The first-order valence-corrected chi connectivity index (χ1v) is 6.64. The Hall–Kier alpha value is -1.27. The summed E-state index contributed by atoms with van der Waals surface area (Å²) in [5, 5.41) is 0. The van der Waals surface area contributed by atoms with Gasteiger partial charge in [-0.3, -0.25) is 4.90 Å². The minimum Gasteiger partial charge on any atom is -0.399 e. The minimum absolute atomic E-state index is 0.124. The summed E-state index contributed by atoms with van der Waals surface area (Å²) < 4.78 is 44.2. The van der Waals surface area contributed by atoms with E-state index in [4.69, 9.17) is 10.5 Å². The standard InChI is InChI=1S/C14H21F3N2O/c1-3-19(7-8-20-4-2)10-11-5-6-12(18)9-13(11)14(15,16)17/h5-6,9H,3-4,7-8,10,18H2,1-2H3. The first-order chi connectivity index (χ1) is 9.38. The molecule has 0 unspecified atom stereocenters. The molecule has 1 aromatic carbocycles. The third-order valence-electron chi connectivity index (χ3n) is 3.04. The molecule has 3 nitrogen and oxygen atoms in total. The van der Waals surface area contributed by atoms with Crippen LogP contribution in [0.1, 0.15) is 25.0 Å². The number of nitrogens with two attached hydrogens (primary N) is 1. The van der Waals surface area contributed by atoms with Crippen LogP contribution in [0.25, 0.3) is 0 Å². The monoisotopic (exact) mass is 290 g/mol. The highest BCUT2D eigenvalue weighted by atomic mass is 19.4. The molecule has 0 radical (unpaired) electrons. The zero-order valence-electron chi connectivity index (χ0n) is 11.8. The van der Waals surface area contributed by atoms with Crippen LogP contribution in [-0.2, 0) is 17.5 Å². The van der Waals surface area contributed by atoms with Crippen molar-refractivity contribution in [2.24, 2.45) is 0 Å². The van der Waals surface area contributed by atoms with Crippen molar-refractivity contribution in [3.63, 3.8) is 0 Å². The van der Waals surface area contributed by atoms with E-state index in [1.807, 2.05) is 18.7 Å². The summed E-state index contributed by atoms with van der Waals surface area (Å²) >= 11 is 0. The molecule has 2 N–H and O–H groups in total. The molecule has 0 bridgehead atoms. The summed E-state index contributed by atoms with van der Waals surface area (Å²) in [7, 11) is 0. The molecule has 6 heteroatoms. The average molecular weight is 290 g/mol. The summed E-state index contributed by atoms with van der Waals surface area (Å²) in [6.07, 6.45) is -4.38. The van der Waals surface area contributed by atoms with Crippen molar-refractivity contribution in [1.82, 2.24) is 4.90 Å². The van der Waals surface area contributed by atoms with E-state index in [9.17, 15) is 13.2 Å². The molecular weight excluding hydrogens is 269 g/mol. The van der Waals surface area contributed by atoms with E-state index in [1.54, 1.807) is 0 Å². The Kier molecular flexibility index (Phi) is 6.29. The molecule has 0 saturated heterocycles. The Morgan fingerprint density at radius 2 is 1.95 bits per heavy atom. The van der Waals surface area contributed by atoms with E-state index in [0.29, 0.717) is 26.3 Å². The number of hydrogen-bond acceptors (Lipinski definition) is 3. The maximum Gasteiger partial charge on any atom is 0.416 e. The van der Waals surface area contributed by atoms with Crippen molar-refractivity contribution in [2.45, 2.75) is 26.6 Å². The highest BCUT2D eigenvalue weighted by Crippen LogP contribution is 2.33. The Labute approximate surface area is 117 Å². The van der Waals surface area contributed by atoms with E-state index in [1.165, 1.54) is 12.1 Å². The lowest BCUT2D eigenvalue weighted by molar-refractivity contribution is -0.138. The second kappa shape index (κ2) is 7.50. The van der Waals surface area contributed by atoms with Gasteiger partial charge in [-0.2, -0.15) is 13.2 Å². The fourth-order valence-corrected chi connectivity index (χ4v) is 1.92. The Morgan fingerprint density at radius 3 is 2.50 bits per heavy atom. The van der Waals surface area contributed by atoms with Crippen LogP contribution in [0.3, 0.4) is 0 Å². The second-order valence-electron chi connectivity index (χ2n) is 4.48. The van der Waals surface area contributed by atoms with E-state index in [2.05, 4.69) is 0 Å². The lowest BCUT2D eigenvalue weighted by Gasteiger charge is -2.22. The topological polar surface area (TPSA) is 38.5 Å². The summed E-state index contributed by atoms with van der Waals surface area (Å²) in [5.41, 5.74) is 5.16. The molecule has 0 spiro atoms. The Morgan fingerprint density at radius 1 is 1.25 bits per heavy atom. The molecule has 0 heterocycles. The molecule has 114 valence electrons. The van der Waals surface area contributed by atoms with Gasteiger partial charge in [-0.25, -0.2) is 0 Å². The van der Waals surface area contributed by atoms with Gasteiger partial charge in [0.15, 0.2) is 0 Å². The summed E-state index contributed by atoms with van der Waals surface area (Å²) in [6, 6.07) is 3.94. The number of ether oxygens (including phenoxy) is 1. The first kappa shape index (κ1) is 16.8. The Balaban J connectivity index is 2.84. The van der Waals surface area contributed by atoms with Gasteiger partial charge in [-0.15, -0.1) is 0 Å². The van der Waals surface area contributed by atoms with Crippen LogP contribution in [-0.4, -0.2) is 31.2 Å². The second-order valence-corrected chi connectivity index (χ2v) is 4.48. The van der Waals surface area contributed by atoms with Gasteiger partial charge in [0.25, 0.3) is 0 Å². The lowest BCUT2D eigenvalue weighted by Crippen LogP contribution is -2.28. The fraction of sp³-hybridized carbons (Fsp3) is 0.571. The van der Waals surface area contributed by atoms with Gasteiger partial charge >= 0.3 is 6.18 Å². The highest BCUT2D eigenvalue weighted by Gasteiger charge is 2.33. The van der Waals surface area contributed by atoms with E-state index in [-0.39, 0.29) is 17.8 Å². The van der Waals surface area contributed by atoms with Crippen LogP contribution in [0.2, 0.25) is 0 Å². The van der Waals surface area contributed by atoms with Crippen molar-refractivity contribution in [3.8, 4) is 0 Å². The molecule has 0 aliphatic carbocycles. The number of nitrogen functional groups attached to an aromatic ring is 1. The van der Waals surface area contributed by atoms with E-state index < -0.39 is 11.7 Å². The molecule has 0 aliphatic rings. The smallest absolute Gasteiger partial charge is 0.399 e. The first-order valence-electron chi connectivity index (χ1n) is 6.64. The van der Waals surface area contributed by atoms with E-state index in [0.717, 1.165) is 6.07 Å². The van der Waals surface area contributed by atoms with Gasteiger partial charge in [0.1, 0.15) is 0 Å². The van der Waals surface area contributed by atoms with Crippen LogP contribution in [0.4, 0.5) is 18.9 Å². The number of alkyl halides is 3.